The van der Waals surface area contributed by atoms with Crippen LogP contribution in [0.3, 0.4) is 0 Å². The molecule has 5 nitrogen and oxygen atoms in total. The highest BCUT2D eigenvalue weighted by molar-refractivity contribution is 5.88. The van der Waals surface area contributed by atoms with E-state index in [4.69, 9.17) is 14.6 Å². The first-order valence-electron chi connectivity index (χ1n) is 6.87. The van der Waals surface area contributed by atoms with Crippen LogP contribution in [-0.2, 0) is 11.3 Å². The molecule has 0 spiro atoms. The van der Waals surface area contributed by atoms with E-state index in [1.165, 1.54) is 0 Å². The van der Waals surface area contributed by atoms with Gasteiger partial charge in [0.15, 0.2) is 0 Å². The average Bonchev–Trinajstić information content (AvgIpc) is 2.47. The monoisotopic (exact) mass is 279 g/mol. The second-order valence-corrected chi connectivity index (χ2v) is 4.94. The zero-order chi connectivity index (χ0) is 14.5. The maximum atomic E-state index is 11.1. The van der Waals surface area contributed by atoms with E-state index in [9.17, 15) is 4.79 Å². The van der Waals surface area contributed by atoms with E-state index < -0.39 is 5.97 Å². The summed E-state index contributed by atoms with van der Waals surface area (Å²) in [4.78, 5) is 13.4. The summed E-state index contributed by atoms with van der Waals surface area (Å²) in [6.07, 6.45) is 1.01. The van der Waals surface area contributed by atoms with Crippen molar-refractivity contribution in [2.45, 2.75) is 25.9 Å². The van der Waals surface area contributed by atoms with Gasteiger partial charge in [-0.15, -0.1) is 0 Å². The molecule has 1 unspecified atom stereocenters. The average molecular weight is 279 g/mol. The second kappa shape index (κ2) is 6.72. The van der Waals surface area contributed by atoms with E-state index in [0.717, 1.165) is 37.5 Å². The molecule has 1 aromatic carbocycles. The SMILES string of the molecule is CCC1COCCN1Cc1cc(C(=O)O)ccc1OC. The van der Waals surface area contributed by atoms with Crippen molar-refractivity contribution >= 4 is 5.97 Å². The van der Waals surface area contributed by atoms with Gasteiger partial charge in [-0.1, -0.05) is 6.92 Å². The third kappa shape index (κ3) is 3.29. The van der Waals surface area contributed by atoms with Crippen LogP contribution in [0.1, 0.15) is 29.3 Å². The number of hydrogen-bond donors (Lipinski definition) is 1. The molecule has 1 saturated heterocycles. The molecule has 110 valence electrons. The number of ether oxygens (including phenoxy) is 2. The summed E-state index contributed by atoms with van der Waals surface area (Å²) in [5, 5.41) is 9.10. The molecule has 1 heterocycles. The minimum atomic E-state index is -0.914. The number of carbonyl (C=O) groups is 1. The first-order chi connectivity index (χ1) is 9.65. The Hall–Kier alpha value is -1.59. The van der Waals surface area contributed by atoms with E-state index >= 15 is 0 Å². The van der Waals surface area contributed by atoms with Gasteiger partial charge in [0.1, 0.15) is 5.75 Å². The van der Waals surface area contributed by atoms with Crippen LogP contribution in [0.4, 0.5) is 0 Å². The molecular formula is C15H21NO4. The predicted octanol–water partition coefficient (Wildman–Crippen LogP) is 2.00. The van der Waals surface area contributed by atoms with Gasteiger partial charge in [0.05, 0.1) is 25.9 Å². The predicted molar refractivity (Wildman–Crippen MR) is 75.3 cm³/mol. The summed E-state index contributed by atoms with van der Waals surface area (Å²) in [5.41, 5.74) is 1.20. The van der Waals surface area contributed by atoms with Crippen LogP contribution < -0.4 is 4.74 Å². The number of methoxy groups -OCH3 is 1. The summed E-state index contributed by atoms with van der Waals surface area (Å²) >= 11 is 0. The fraction of sp³-hybridized carbons (Fsp3) is 0.533. The van der Waals surface area contributed by atoms with Gasteiger partial charge in [-0.2, -0.15) is 0 Å². The molecule has 5 heteroatoms. The van der Waals surface area contributed by atoms with E-state index in [-0.39, 0.29) is 0 Å². The minimum Gasteiger partial charge on any atom is -0.496 e. The lowest BCUT2D eigenvalue weighted by Crippen LogP contribution is -2.44. The van der Waals surface area contributed by atoms with Crippen LogP contribution in [0.15, 0.2) is 18.2 Å². The summed E-state index contributed by atoms with van der Waals surface area (Å²) in [6, 6.07) is 5.37. The van der Waals surface area contributed by atoms with Gasteiger partial charge in [0.25, 0.3) is 0 Å². The number of morpholine rings is 1. The molecule has 0 saturated carbocycles. The van der Waals surface area contributed by atoms with E-state index in [1.54, 1.807) is 25.3 Å². The standard InChI is InChI=1S/C15H21NO4/c1-3-13-10-20-7-6-16(13)9-12-8-11(15(17)18)4-5-14(12)19-2/h4-5,8,13H,3,6-7,9-10H2,1-2H3,(H,17,18). The number of rotatable bonds is 5. The van der Waals surface area contributed by atoms with Crippen molar-refractivity contribution in [2.75, 3.05) is 26.9 Å². The van der Waals surface area contributed by atoms with Crippen molar-refractivity contribution in [3.63, 3.8) is 0 Å². The fourth-order valence-electron chi connectivity index (χ4n) is 2.53. The van der Waals surface area contributed by atoms with Crippen molar-refractivity contribution in [2.24, 2.45) is 0 Å². The Morgan fingerprint density at radius 1 is 1.55 bits per heavy atom. The van der Waals surface area contributed by atoms with Crippen molar-refractivity contribution in [1.82, 2.24) is 4.90 Å². The molecule has 1 atom stereocenters. The number of nitrogens with zero attached hydrogens (tertiary/aromatic N) is 1. The van der Waals surface area contributed by atoms with Crippen LogP contribution >= 0.6 is 0 Å². The lowest BCUT2D eigenvalue weighted by atomic mass is 10.1. The molecule has 1 N–H and O–H groups in total. The molecule has 2 rings (SSSR count). The highest BCUT2D eigenvalue weighted by Crippen LogP contribution is 2.24. The summed E-state index contributed by atoms with van der Waals surface area (Å²) < 4.78 is 10.8. The Bertz CT molecular complexity index is 475. The normalized spacial score (nSPS) is 19.8. The number of carboxylic acid groups (broad SMARTS) is 1. The van der Waals surface area contributed by atoms with Gasteiger partial charge in [-0.05, 0) is 24.6 Å². The fourth-order valence-corrected chi connectivity index (χ4v) is 2.53. The van der Waals surface area contributed by atoms with E-state index in [1.807, 2.05) is 0 Å². The van der Waals surface area contributed by atoms with Gasteiger partial charge in [0, 0.05) is 24.7 Å². The molecule has 0 aromatic heterocycles. The van der Waals surface area contributed by atoms with Crippen molar-refractivity contribution in [1.29, 1.82) is 0 Å². The largest absolute Gasteiger partial charge is 0.496 e. The molecule has 0 amide bonds. The van der Waals surface area contributed by atoms with E-state index in [2.05, 4.69) is 11.8 Å². The van der Waals surface area contributed by atoms with Crippen LogP contribution in [0.2, 0.25) is 0 Å². The summed E-state index contributed by atoms with van der Waals surface area (Å²) in [6.45, 7) is 5.14. The smallest absolute Gasteiger partial charge is 0.335 e. The van der Waals surface area contributed by atoms with Crippen molar-refractivity contribution < 1.29 is 19.4 Å². The number of benzene rings is 1. The Morgan fingerprint density at radius 3 is 3.00 bits per heavy atom. The highest BCUT2D eigenvalue weighted by atomic mass is 16.5. The van der Waals surface area contributed by atoms with Gasteiger partial charge < -0.3 is 14.6 Å². The van der Waals surface area contributed by atoms with Gasteiger partial charge in [-0.25, -0.2) is 4.79 Å². The zero-order valence-electron chi connectivity index (χ0n) is 12.0. The Morgan fingerprint density at radius 2 is 2.35 bits per heavy atom. The minimum absolute atomic E-state index is 0.294. The molecule has 1 fully saturated rings. The quantitative estimate of drug-likeness (QED) is 0.893. The summed E-state index contributed by atoms with van der Waals surface area (Å²) in [5.74, 6) is -0.181. The Labute approximate surface area is 119 Å². The van der Waals surface area contributed by atoms with Crippen LogP contribution in [0, 0.1) is 0 Å². The molecule has 1 aliphatic rings. The first-order valence-corrected chi connectivity index (χ1v) is 6.87. The highest BCUT2D eigenvalue weighted by Gasteiger charge is 2.22. The molecule has 1 aliphatic heterocycles. The zero-order valence-corrected chi connectivity index (χ0v) is 12.0. The molecule has 0 radical (unpaired) electrons. The topological polar surface area (TPSA) is 59.0 Å². The van der Waals surface area contributed by atoms with Gasteiger partial charge in [-0.3, -0.25) is 4.90 Å². The maximum absolute atomic E-state index is 11.1. The molecule has 0 aliphatic carbocycles. The third-order valence-corrected chi connectivity index (χ3v) is 3.72. The van der Waals surface area contributed by atoms with Crippen molar-refractivity contribution in [3.05, 3.63) is 29.3 Å². The van der Waals surface area contributed by atoms with Gasteiger partial charge in [0.2, 0.25) is 0 Å². The molecule has 20 heavy (non-hydrogen) atoms. The second-order valence-electron chi connectivity index (χ2n) is 4.94. The molecule has 0 bridgehead atoms. The lowest BCUT2D eigenvalue weighted by molar-refractivity contribution is -0.0130. The summed E-state index contributed by atoms with van der Waals surface area (Å²) in [7, 11) is 1.61. The first kappa shape index (κ1) is 14.8. The number of aromatic carboxylic acids is 1. The van der Waals surface area contributed by atoms with Crippen LogP contribution in [-0.4, -0.2) is 48.9 Å². The maximum Gasteiger partial charge on any atom is 0.335 e. The lowest BCUT2D eigenvalue weighted by Gasteiger charge is -2.35. The van der Waals surface area contributed by atoms with E-state index in [0.29, 0.717) is 18.2 Å². The third-order valence-electron chi connectivity index (χ3n) is 3.72. The molecular weight excluding hydrogens is 258 g/mol. The van der Waals surface area contributed by atoms with Crippen molar-refractivity contribution in [3.8, 4) is 5.75 Å². The van der Waals surface area contributed by atoms with Crippen LogP contribution in [0.25, 0.3) is 0 Å². The number of hydrogen-bond acceptors (Lipinski definition) is 4. The van der Waals surface area contributed by atoms with Gasteiger partial charge >= 0.3 is 5.97 Å². The Kier molecular flexibility index (Phi) is 4.98. The number of carboxylic acids is 1. The Balaban J connectivity index is 2.21. The molecule has 1 aromatic rings. The van der Waals surface area contributed by atoms with Crippen LogP contribution in [0.5, 0.6) is 5.75 Å².